The van der Waals surface area contributed by atoms with Crippen LogP contribution in [0.1, 0.15) is 41.3 Å². The van der Waals surface area contributed by atoms with Gasteiger partial charge in [0.25, 0.3) is 5.91 Å². The molecule has 6 heteroatoms. The molecule has 2 aromatic carbocycles. The maximum atomic E-state index is 12.4. The van der Waals surface area contributed by atoms with Gasteiger partial charge >= 0.3 is 0 Å². The maximum Gasteiger partial charge on any atom is 0.251 e. The number of carbonyl (C=O) groups excluding carboxylic acids is 2. The third kappa shape index (κ3) is 5.74. The van der Waals surface area contributed by atoms with Gasteiger partial charge in [0, 0.05) is 11.3 Å². The van der Waals surface area contributed by atoms with E-state index in [0.29, 0.717) is 23.7 Å². The lowest BCUT2D eigenvalue weighted by Gasteiger charge is -2.13. The number of nitrogens with one attached hydrogen (secondary N) is 2. The first-order valence-corrected chi connectivity index (χ1v) is 9.41. The summed E-state index contributed by atoms with van der Waals surface area (Å²) < 4.78 is 11.0. The summed E-state index contributed by atoms with van der Waals surface area (Å²) in [6, 6.07) is 10.8. The monoisotopic (exact) mass is 384 g/mol. The normalized spacial score (nSPS) is 10.3. The van der Waals surface area contributed by atoms with Crippen LogP contribution in [0.25, 0.3) is 0 Å². The largest absolute Gasteiger partial charge is 0.493 e. The first-order valence-electron chi connectivity index (χ1n) is 9.41. The molecule has 150 valence electrons. The van der Waals surface area contributed by atoms with Gasteiger partial charge in [-0.3, -0.25) is 9.59 Å². The van der Waals surface area contributed by atoms with E-state index in [9.17, 15) is 9.59 Å². The second-order valence-corrected chi connectivity index (χ2v) is 6.57. The number of rotatable bonds is 9. The Bertz CT molecular complexity index is 813. The Labute approximate surface area is 166 Å². The molecule has 0 aliphatic carbocycles. The number of unbranched alkanes of at least 4 members (excludes halogenated alkanes) is 1. The number of amides is 2. The fourth-order valence-electron chi connectivity index (χ4n) is 2.71. The van der Waals surface area contributed by atoms with Gasteiger partial charge in [0.2, 0.25) is 5.91 Å². The van der Waals surface area contributed by atoms with Gasteiger partial charge in [0.1, 0.15) is 0 Å². The number of para-hydroxylation sites is 1. The van der Waals surface area contributed by atoms with E-state index in [1.807, 2.05) is 32.0 Å². The van der Waals surface area contributed by atoms with Crippen molar-refractivity contribution in [3.05, 3.63) is 53.1 Å². The van der Waals surface area contributed by atoms with Crippen molar-refractivity contribution in [3.8, 4) is 11.5 Å². The molecule has 28 heavy (non-hydrogen) atoms. The van der Waals surface area contributed by atoms with Gasteiger partial charge < -0.3 is 20.1 Å². The van der Waals surface area contributed by atoms with Crippen LogP contribution in [0.2, 0.25) is 0 Å². The predicted molar refractivity (Wildman–Crippen MR) is 110 cm³/mol. The van der Waals surface area contributed by atoms with Gasteiger partial charge in [0.05, 0.1) is 20.3 Å². The smallest absolute Gasteiger partial charge is 0.251 e. The van der Waals surface area contributed by atoms with Crippen LogP contribution < -0.4 is 20.1 Å². The molecule has 0 fully saturated rings. The van der Waals surface area contributed by atoms with Crippen LogP contribution >= 0.6 is 0 Å². The van der Waals surface area contributed by atoms with Crippen molar-refractivity contribution >= 4 is 17.5 Å². The highest BCUT2D eigenvalue weighted by Gasteiger charge is 2.13. The SMILES string of the molecule is CCCCOc1ccc(C(=O)NCC(=O)Nc2c(C)cccc2C)cc1OC. The Morgan fingerprint density at radius 1 is 1.04 bits per heavy atom. The van der Waals surface area contributed by atoms with Crippen molar-refractivity contribution < 1.29 is 19.1 Å². The van der Waals surface area contributed by atoms with Crippen molar-refractivity contribution in [2.45, 2.75) is 33.6 Å². The number of benzene rings is 2. The molecule has 0 saturated carbocycles. The topological polar surface area (TPSA) is 76.7 Å². The number of carbonyl (C=O) groups is 2. The van der Waals surface area contributed by atoms with Crippen molar-refractivity contribution in [1.29, 1.82) is 0 Å². The first-order chi connectivity index (χ1) is 13.5. The van der Waals surface area contributed by atoms with Crippen molar-refractivity contribution in [2.75, 3.05) is 25.6 Å². The molecule has 0 saturated heterocycles. The van der Waals surface area contributed by atoms with Gasteiger partial charge in [0.15, 0.2) is 11.5 Å². The van der Waals surface area contributed by atoms with E-state index in [0.717, 1.165) is 29.7 Å². The molecule has 2 rings (SSSR count). The zero-order chi connectivity index (χ0) is 20.5. The van der Waals surface area contributed by atoms with Gasteiger partial charge in [-0.05, 0) is 49.6 Å². The van der Waals surface area contributed by atoms with Crippen LogP contribution in [0.3, 0.4) is 0 Å². The molecule has 0 bridgehead atoms. The molecule has 0 aromatic heterocycles. The fourth-order valence-corrected chi connectivity index (χ4v) is 2.71. The van der Waals surface area contributed by atoms with E-state index >= 15 is 0 Å². The zero-order valence-corrected chi connectivity index (χ0v) is 16.9. The van der Waals surface area contributed by atoms with Gasteiger partial charge in [-0.15, -0.1) is 0 Å². The highest BCUT2D eigenvalue weighted by atomic mass is 16.5. The molecule has 0 spiro atoms. The predicted octanol–water partition coefficient (Wildman–Crippen LogP) is 3.86. The summed E-state index contributed by atoms with van der Waals surface area (Å²) in [4.78, 5) is 24.6. The molecule has 6 nitrogen and oxygen atoms in total. The third-order valence-corrected chi connectivity index (χ3v) is 4.34. The van der Waals surface area contributed by atoms with Crippen LogP contribution in [0.5, 0.6) is 11.5 Å². The first kappa shape index (κ1) is 21.3. The molecule has 2 N–H and O–H groups in total. The molecule has 0 unspecified atom stereocenters. The van der Waals surface area contributed by atoms with E-state index < -0.39 is 0 Å². The van der Waals surface area contributed by atoms with Crippen LogP contribution in [0, 0.1) is 13.8 Å². The van der Waals surface area contributed by atoms with Crippen LogP contribution in [0.15, 0.2) is 36.4 Å². The Hall–Kier alpha value is -3.02. The summed E-state index contributed by atoms with van der Waals surface area (Å²) in [5, 5.41) is 5.48. The molecular formula is C22H28N2O4. The van der Waals surface area contributed by atoms with E-state index in [4.69, 9.17) is 9.47 Å². The highest BCUT2D eigenvalue weighted by molar-refractivity contribution is 6.00. The molecule has 2 amide bonds. The standard InChI is InChI=1S/C22H28N2O4/c1-5-6-12-28-18-11-10-17(13-19(18)27-4)22(26)23-14-20(25)24-21-15(2)8-7-9-16(21)3/h7-11,13H,5-6,12,14H2,1-4H3,(H,23,26)(H,24,25). The summed E-state index contributed by atoms with van der Waals surface area (Å²) in [6.07, 6.45) is 1.98. The second-order valence-electron chi connectivity index (χ2n) is 6.57. The average Bonchev–Trinajstić information content (AvgIpc) is 2.69. The fraction of sp³-hybridized carbons (Fsp3) is 0.364. The molecule has 0 radical (unpaired) electrons. The number of methoxy groups -OCH3 is 1. The van der Waals surface area contributed by atoms with Crippen LogP contribution in [-0.4, -0.2) is 32.1 Å². The summed E-state index contributed by atoms with van der Waals surface area (Å²) >= 11 is 0. The second kappa shape index (κ2) is 10.3. The highest BCUT2D eigenvalue weighted by Crippen LogP contribution is 2.28. The molecular weight excluding hydrogens is 356 g/mol. The Morgan fingerprint density at radius 2 is 1.75 bits per heavy atom. The lowest BCUT2D eigenvalue weighted by molar-refractivity contribution is -0.115. The summed E-state index contributed by atoms with van der Waals surface area (Å²) in [6.45, 7) is 6.42. The Morgan fingerprint density at radius 3 is 2.39 bits per heavy atom. The van der Waals surface area contributed by atoms with E-state index in [1.165, 1.54) is 7.11 Å². The van der Waals surface area contributed by atoms with E-state index in [1.54, 1.807) is 18.2 Å². The third-order valence-electron chi connectivity index (χ3n) is 4.34. The number of hydrogen-bond donors (Lipinski definition) is 2. The number of anilines is 1. The minimum Gasteiger partial charge on any atom is -0.493 e. The molecule has 0 atom stereocenters. The molecule has 2 aromatic rings. The van der Waals surface area contributed by atoms with Gasteiger partial charge in [-0.25, -0.2) is 0 Å². The summed E-state index contributed by atoms with van der Waals surface area (Å²) in [5.41, 5.74) is 3.13. The summed E-state index contributed by atoms with van der Waals surface area (Å²) in [5.74, 6) is 0.455. The maximum absolute atomic E-state index is 12.4. The minimum atomic E-state index is -0.352. The van der Waals surface area contributed by atoms with Crippen LogP contribution in [0.4, 0.5) is 5.69 Å². The van der Waals surface area contributed by atoms with E-state index in [2.05, 4.69) is 17.6 Å². The lowest BCUT2D eigenvalue weighted by Crippen LogP contribution is -2.33. The van der Waals surface area contributed by atoms with E-state index in [-0.39, 0.29) is 18.4 Å². The van der Waals surface area contributed by atoms with Gasteiger partial charge in [-0.1, -0.05) is 31.5 Å². The average molecular weight is 384 g/mol. The number of hydrogen-bond acceptors (Lipinski definition) is 4. The van der Waals surface area contributed by atoms with Crippen molar-refractivity contribution in [2.24, 2.45) is 0 Å². The van der Waals surface area contributed by atoms with Crippen molar-refractivity contribution in [1.82, 2.24) is 5.32 Å². The van der Waals surface area contributed by atoms with Crippen molar-refractivity contribution in [3.63, 3.8) is 0 Å². The molecule has 0 aliphatic rings. The Balaban J connectivity index is 1.96. The molecule has 0 heterocycles. The molecule has 0 aliphatic heterocycles. The number of aryl methyl sites for hydroxylation is 2. The lowest BCUT2D eigenvalue weighted by atomic mass is 10.1. The number of ether oxygens (including phenoxy) is 2. The quantitative estimate of drug-likeness (QED) is 0.644. The van der Waals surface area contributed by atoms with Gasteiger partial charge in [-0.2, -0.15) is 0 Å². The Kier molecular flexibility index (Phi) is 7.87. The zero-order valence-electron chi connectivity index (χ0n) is 16.9. The van der Waals surface area contributed by atoms with Crippen LogP contribution in [-0.2, 0) is 4.79 Å². The minimum absolute atomic E-state index is 0.121. The summed E-state index contributed by atoms with van der Waals surface area (Å²) in [7, 11) is 1.53.